The highest BCUT2D eigenvalue weighted by atomic mass is 16.5. The Kier molecular flexibility index (Phi) is 12.1. The minimum atomic E-state index is -0.392. The molecule has 0 atom stereocenters. The molecule has 0 N–H and O–H groups in total. The number of carbonyl (C=O) groups excluding carboxylic acids is 1. The fourth-order valence-electron chi connectivity index (χ4n) is 2.58. The van der Waals surface area contributed by atoms with Crippen molar-refractivity contribution >= 4 is 12.0 Å². The minimum absolute atomic E-state index is 0.392. The second kappa shape index (κ2) is 14.2. The van der Waals surface area contributed by atoms with Gasteiger partial charge in [-0.25, -0.2) is 4.79 Å². The molecule has 0 aliphatic heterocycles. The van der Waals surface area contributed by atoms with Crippen LogP contribution in [0.25, 0.3) is 6.08 Å². The topological polar surface area (TPSA) is 44.8 Å². The van der Waals surface area contributed by atoms with Crippen molar-refractivity contribution in [2.45, 2.75) is 65.2 Å². The van der Waals surface area contributed by atoms with Crippen LogP contribution in [-0.2, 0) is 9.53 Å². The van der Waals surface area contributed by atoms with Crippen molar-refractivity contribution in [3.05, 3.63) is 29.8 Å². The van der Waals surface area contributed by atoms with Gasteiger partial charge in [-0.05, 0) is 31.1 Å². The molecule has 146 valence electrons. The molecule has 0 saturated carbocycles. The molecule has 1 aromatic carbocycles. The van der Waals surface area contributed by atoms with Gasteiger partial charge in [0.2, 0.25) is 0 Å². The van der Waals surface area contributed by atoms with Gasteiger partial charge in [-0.3, -0.25) is 0 Å². The van der Waals surface area contributed by atoms with E-state index in [2.05, 4.69) is 13.8 Å². The van der Waals surface area contributed by atoms with Crippen LogP contribution in [0.15, 0.2) is 24.3 Å². The van der Waals surface area contributed by atoms with Crippen molar-refractivity contribution in [3.8, 4) is 11.5 Å². The zero-order chi connectivity index (χ0) is 19.0. The Morgan fingerprint density at radius 3 is 1.88 bits per heavy atom. The predicted molar refractivity (Wildman–Crippen MR) is 107 cm³/mol. The van der Waals surface area contributed by atoms with Gasteiger partial charge in [-0.2, -0.15) is 0 Å². The summed E-state index contributed by atoms with van der Waals surface area (Å²) in [4.78, 5) is 11.5. The maximum Gasteiger partial charge on any atom is 0.330 e. The largest absolute Gasteiger partial charge is 0.493 e. The van der Waals surface area contributed by atoms with Crippen molar-refractivity contribution in [2.24, 2.45) is 0 Å². The second-order valence-corrected chi connectivity index (χ2v) is 6.34. The predicted octanol–water partition coefficient (Wildman–Crippen LogP) is 5.79. The van der Waals surface area contributed by atoms with E-state index in [1.54, 1.807) is 6.08 Å². The van der Waals surface area contributed by atoms with Crippen molar-refractivity contribution in [1.82, 2.24) is 0 Å². The lowest BCUT2D eigenvalue weighted by atomic mass is 10.1. The molecule has 4 heteroatoms. The fraction of sp³-hybridized carbons (Fsp3) is 0.591. The van der Waals surface area contributed by atoms with Gasteiger partial charge in [-0.1, -0.05) is 58.4 Å². The summed E-state index contributed by atoms with van der Waals surface area (Å²) in [5, 5.41) is 0. The fourth-order valence-corrected chi connectivity index (χ4v) is 2.58. The van der Waals surface area contributed by atoms with E-state index < -0.39 is 5.97 Å². The zero-order valence-electron chi connectivity index (χ0n) is 16.6. The van der Waals surface area contributed by atoms with E-state index in [0.717, 1.165) is 42.7 Å². The van der Waals surface area contributed by atoms with Gasteiger partial charge >= 0.3 is 5.97 Å². The summed E-state index contributed by atoms with van der Waals surface area (Å²) in [7, 11) is 1.37. The first-order valence-electron chi connectivity index (χ1n) is 9.87. The van der Waals surface area contributed by atoms with Gasteiger partial charge < -0.3 is 14.2 Å². The molecule has 4 nitrogen and oxygen atoms in total. The third kappa shape index (κ3) is 8.93. The molecule has 1 aromatic rings. The zero-order valence-corrected chi connectivity index (χ0v) is 16.6. The quantitative estimate of drug-likeness (QED) is 0.239. The number of carbonyl (C=O) groups is 1. The first-order valence-corrected chi connectivity index (χ1v) is 9.87. The van der Waals surface area contributed by atoms with Crippen molar-refractivity contribution < 1.29 is 19.0 Å². The van der Waals surface area contributed by atoms with Crippen molar-refractivity contribution in [2.75, 3.05) is 20.3 Å². The first-order chi connectivity index (χ1) is 12.7. The van der Waals surface area contributed by atoms with Crippen LogP contribution in [0.1, 0.15) is 70.8 Å². The Balaban J connectivity index is 2.77. The first kappa shape index (κ1) is 22.1. The Morgan fingerprint density at radius 1 is 0.885 bits per heavy atom. The molecule has 0 unspecified atom stereocenters. The third-order valence-corrected chi connectivity index (χ3v) is 4.12. The Bertz CT molecular complexity index is 505. The van der Waals surface area contributed by atoms with Crippen LogP contribution >= 0.6 is 0 Å². The summed E-state index contributed by atoms with van der Waals surface area (Å²) in [6.07, 6.45) is 12.3. The van der Waals surface area contributed by atoms with E-state index in [1.807, 2.05) is 18.2 Å². The van der Waals surface area contributed by atoms with E-state index in [1.165, 1.54) is 38.9 Å². The lowest BCUT2D eigenvalue weighted by Gasteiger charge is -2.14. The van der Waals surface area contributed by atoms with E-state index in [9.17, 15) is 4.79 Å². The lowest BCUT2D eigenvalue weighted by molar-refractivity contribution is -0.134. The maximum absolute atomic E-state index is 11.5. The molecule has 26 heavy (non-hydrogen) atoms. The highest BCUT2D eigenvalue weighted by Crippen LogP contribution is 2.30. The summed E-state index contributed by atoms with van der Waals surface area (Å²) in [6, 6.07) is 5.76. The van der Waals surface area contributed by atoms with Gasteiger partial charge in [0.15, 0.2) is 0 Å². The number of benzene rings is 1. The molecule has 0 aromatic heterocycles. The second-order valence-electron chi connectivity index (χ2n) is 6.34. The van der Waals surface area contributed by atoms with E-state index in [0.29, 0.717) is 13.2 Å². The van der Waals surface area contributed by atoms with Crippen LogP contribution in [0.3, 0.4) is 0 Å². The standard InChI is InChI=1S/C22H34O4/c1-4-6-8-10-17-25-20-13-12-14-21(26-18-11-9-7-5-2)19(20)15-16-22(23)24-3/h12-16H,4-11,17-18H2,1-3H3. The summed E-state index contributed by atoms with van der Waals surface area (Å²) < 4.78 is 16.6. The Morgan fingerprint density at radius 2 is 1.42 bits per heavy atom. The number of hydrogen-bond donors (Lipinski definition) is 0. The average molecular weight is 363 g/mol. The van der Waals surface area contributed by atoms with Gasteiger partial charge in [0, 0.05) is 6.08 Å². The molecule has 0 bridgehead atoms. The molecule has 0 radical (unpaired) electrons. The molecule has 0 aliphatic rings. The van der Waals surface area contributed by atoms with Gasteiger partial charge in [0.25, 0.3) is 0 Å². The molecule has 0 aliphatic carbocycles. The molecule has 0 fully saturated rings. The molecular formula is C22H34O4. The molecule has 0 amide bonds. The van der Waals surface area contributed by atoms with Crippen LogP contribution in [0.4, 0.5) is 0 Å². The van der Waals surface area contributed by atoms with Crippen molar-refractivity contribution in [3.63, 3.8) is 0 Å². The SMILES string of the molecule is CCCCCCOc1cccc(OCCCCCC)c1C=CC(=O)OC. The number of rotatable bonds is 14. The molecule has 0 heterocycles. The number of ether oxygens (including phenoxy) is 3. The van der Waals surface area contributed by atoms with Crippen LogP contribution in [0.2, 0.25) is 0 Å². The van der Waals surface area contributed by atoms with E-state index >= 15 is 0 Å². The molecular weight excluding hydrogens is 328 g/mol. The number of unbranched alkanes of at least 4 members (excludes halogenated alkanes) is 6. The monoisotopic (exact) mass is 362 g/mol. The summed E-state index contributed by atoms with van der Waals surface area (Å²) >= 11 is 0. The number of methoxy groups -OCH3 is 1. The van der Waals surface area contributed by atoms with E-state index in [-0.39, 0.29) is 0 Å². The number of hydrogen-bond acceptors (Lipinski definition) is 4. The average Bonchev–Trinajstić information content (AvgIpc) is 2.66. The summed E-state index contributed by atoms with van der Waals surface area (Å²) in [5.74, 6) is 1.09. The molecule has 0 saturated heterocycles. The highest BCUT2D eigenvalue weighted by Gasteiger charge is 2.09. The lowest BCUT2D eigenvalue weighted by Crippen LogP contribution is -2.03. The highest BCUT2D eigenvalue weighted by molar-refractivity contribution is 5.88. The molecule has 1 rings (SSSR count). The normalized spacial score (nSPS) is 10.9. The van der Waals surface area contributed by atoms with Crippen molar-refractivity contribution in [1.29, 1.82) is 0 Å². The van der Waals surface area contributed by atoms with Crippen LogP contribution < -0.4 is 9.47 Å². The number of esters is 1. The maximum atomic E-state index is 11.5. The van der Waals surface area contributed by atoms with E-state index in [4.69, 9.17) is 14.2 Å². The minimum Gasteiger partial charge on any atom is -0.493 e. The van der Waals surface area contributed by atoms with Gasteiger partial charge in [0.1, 0.15) is 11.5 Å². The summed E-state index contributed by atoms with van der Waals surface area (Å²) in [6.45, 7) is 5.72. The third-order valence-electron chi connectivity index (χ3n) is 4.12. The van der Waals surface area contributed by atoms with Crippen LogP contribution in [0.5, 0.6) is 11.5 Å². The summed E-state index contributed by atoms with van der Waals surface area (Å²) in [5.41, 5.74) is 0.795. The van der Waals surface area contributed by atoms with Gasteiger partial charge in [-0.15, -0.1) is 0 Å². The van der Waals surface area contributed by atoms with Gasteiger partial charge in [0.05, 0.1) is 25.9 Å². The Hall–Kier alpha value is -1.97. The van der Waals surface area contributed by atoms with Crippen LogP contribution in [0, 0.1) is 0 Å². The Labute approximate surface area is 158 Å². The molecule has 0 spiro atoms. The van der Waals surface area contributed by atoms with Crippen LogP contribution in [-0.4, -0.2) is 26.3 Å². The smallest absolute Gasteiger partial charge is 0.330 e.